The van der Waals surface area contributed by atoms with Crippen LogP contribution in [0, 0.1) is 0 Å². The zero-order chi connectivity index (χ0) is 19.1. The molecule has 2 aromatic carbocycles. The van der Waals surface area contributed by atoms with Crippen molar-refractivity contribution >= 4 is 29.1 Å². The maximum absolute atomic E-state index is 12.0. The van der Waals surface area contributed by atoms with Crippen LogP contribution in [0.15, 0.2) is 82.8 Å². The summed E-state index contributed by atoms with van der Waals surface area (Å²) in [6, 6.07) is 18.2. The van der Waals surface area contributed by atoms with Crippen LogP contribution < -0.4 is 10.1 Å². The van der Waals surface area contributed by atoms with Crippen molar-refractivity contribution in [2.24, 2.45) is 0 Å². The normalized spacial score (nSPS) is 10.3. The number of aromatic nitrogens is 1. The van der Waals surface area contributed by atoms with E-state index < -0.39 is 0 Å². The van der Waals surface area contributed by atoms with Crippen molar-refractivity contribution in [3.63, 3.8) is 0 Å². The summed E-state index contributed by atoms with van der Waals surface area (Å²) in [5, 5.41) is 2.73. The lowest BCUT2D eigenvalue weighted by atomic mass is 10.1. The molecule has 1 amide bonds. The van der Waals surface area contributed by atoms with Gasteiger partial charge in [-0.2, -0.15) is 0 Å². The van der Waals surface area contributed by atoms with Crippen LogP contribution in [0.2, 0.25) is 0 Å². The Morgan fingerprint density at radius 2 is 1.70 bits per heavy atom. The van der Waals surface area contributed by atoms with Gasteiger partial charge in [-0.25, -0.2) is 0 Å². The molecule has 0 atom stereocenters. The number of hydrogen-bond acceptors (Lipinski definition) is 5. The number of nitrogens with one attached hydrogen (secondary N) is 1. The fraction of sp³-hybridized carbons (Fsp3) is 0.0952. The molecule has 0 radical (unpaired) electrons. The number of anilines is 1. The minimum absolute atomic E-state index is 0.0490. The Hall–Kier alpha value is -3.12. The van der Waals surface area contributed by atoms with E-state index in [1.807, 2.05) is 36.4 Å². The van der Waals surface area contributed by atoms with Gasteiger partial charge >= 0.3 is 0 Å². The number of benzene rings is 2. The summed E-state index contributed by atoms with van der Waals surface area (Å²) >= 11 is 1.62. The molecule has 136 valence electrons. The highest BCUT2D eigenvalue weighted by molar-refractivity contribution is 7.99. The third-order valence-electron chi connectivity index (χ3n) is 3.63. The van der Waals surface area contributed by atoms with Crippen LogP contribution in [0.5, 0.6) is 5.75 Å². The molecule has 3 rings (SSSR count). The van der Waals surface area contributed by atoms with E-state index in [2.05, 4.69) is 10.3 Å². The molecule has 0 bridgehead atoms. The Labute approximate surface area is 161 Å². The van der Waals surface area contributed by atoms with E-state index >= 15 is 0 Å². The Morgan fingerprint density at radius 1 is 1.00 bits per heavy atom. The molecule has 0 unspecified atom stereocenters. The van der Waals surface area contributed by atoms with Crippen molar-refractivity contribution < 1.29 is 14.3 Å². The summed E-state index contributed by atoms with van der Waals surface area (Å²) < 4.78 is 5.52. The van der Waals surface area contributed by atoms with Gasteiger partial charge in [-0.3, -0.25) is 14.6 Å². The summed E-state index contributed by atoms with van der Waals surface area (Å²) in [5.74, 6) is 0.278. The topological polar surface area (TPSA) is 68.3 Å². The van der Waals surface area contributed by atoms with Gasteiger partial charge in [0.25, 0.3) is 5.91 Å². The van der Waals surface area contributed by atoms with Crippen LogP contribution in [-0.4, -0.2) is 23.3 Å². The first-order chi connectivity index (χ1) is 13.1. The summed E-state index contributed by atoms with van der Waals surface area (Å²) in [6.07, 6.45) is 3.51. The molecule has 3 aromatic rings. The maximum atomic E-state index is 12.0. The number of Topliss-reactive ketones (excluding diaryl/α,β-unsaturated/α-hetero) is 1. The predicted molar refractivity (Wildman–Crippen MR) is 105 cm³/mol. The molecule has 0 spiro atoms. The van der Waals surface area contributed by atoms with E-state index in [0.717, 1.165) is 9.79 Å². The second-order valence-corrected chi connectivity index (χ2v) is 6.88. The molecular weight excluding hydrogens is 360 g/mol. The van der Waals surface area contributed by atoms with Gasteiger partial charge in [-0.15, -0.1) is 0 Å². The first-order valence-corrected chi connectivity index (χ1v) is 9.13. The fourth-order valence-corrected chi connectivity index (χ4v) is 3.11. The number of nitrogens with zero attached hydrogens (tertiary/aromatic N) is 1. The highest BCUT2D eigenvalue weighted by Crippen LogP contribution is 2.28. The third kappa shape index (κ3) is 5.69. The second-order valence-electron chi connectivity index (χ2n) is 5.73. The lowest BCUT2D eigenvalue weighted by Gasteiger charge is -2.09. The number of ketones is 1. The van der Waals surface area contributed by atoms with Crippen LogP contribution in [0.3, 0.4) is 0 Å². The molecule has 1 N–H and O–H groups in total. The monoisotopic (exact) mass is 378 g/mol. The van der Waals surface area contributed by atoms with Crippen LogP contribution in [0.4, 0.5) is 5.69 Å². The molecular formula is C21H18N2O3S. The first-order valence-electron chi connectivity index (χ1n) is 8.32. The molecule has 0 aliphatic carbocycles. The average Bonchev–Trinajstić information content (AvgIpc) is 2.68. The fourth-order valence-electron chi connectivity index (χ4n) is 2.31. The molecule has 0 aliphatic rings. The molecule has 1 heterocycles. The van der Waals surface area contributed by atoms with E-state index in [4.69, 9.17) is 4.74 Å². The average molecular weight is 378 g/mol. The Balaban J connectivity index is 1.51. The zero-order valence-electron chi connectivity index (χ0n) is 14.7. The maximum Gasteiger partial charge on any atom is 0.262 e. The number of amides is 1. The highest BCUT2D eigenvalue weighted by atomic mass is 32.2. The van der Waals surface area contributed by atoms with Crippen LogP contribution in [0.1, 0.15) is 17.3 Å². The molecule has 6 heteroatoms. The first kappa shape index (κ1) is 18.7. The smallest absolute Gasteiger partial charge is 0.262 e. The van der Waals surface area contributed by atoms with Crippen molar-refractivity contribution in [1.82, 2.24) is 4.98 Å². The minimum atomic E-state index is -0.286. The Kier molecular flexibility index (Phi) is 6.22. The third-order valence-corrected chi connectivity index (χ3v) is 4.65. The summed E-state index contributed by atoms with van der Waals surface area (Å²) in [6.45, 7) is 1.38. The van der Waals surface area contributed by atoms with Crippen molar-refractivity contribution in [2.75, 3.05) is 11.9 Å². The van der Waals surface area contributed by atoms with Crippen molar-refractivity contribution in [2.45, 2.75) is 16.7 Å². The molecule has 27 heavy (non-hydrogen) atoms. The number of ether oxygens (including phenoxy) is 1. The van der Waals surface area contributed by atoms with E-state index in [9.17, 15) is 9.59 Å². The molecule has 0 saturated heterocycles. The van der Waals surface area contributed by atoms with Gasteiger partial charge in [-0.1, -0.05) is 23.9 Å². The van der Waals surface area contributed by atoms with Gasteiger partial charge in [0.1, 0.15) is 5.75 Å². The molecule has 0 fully saturated rings. The number of pyridine rings is 1. The van der Waals surface area contributed by atoms with Crippen molar-refractivity contribution in [3.8, 4) is 5.75 Å². The number of carbonyl (C=O) groups excluding carboxylic acids is 2. The lowest BCUT2D eigenvalue weighted by Crippen LogP contribution is -2.20. The largest absolute Gasteiger partial charge is 0.484 e. The van der Waals surface area contributed by atoms with Gasteiger partial charge in [0.2, 0.25) is 0 Å². The number of rotatable bonds is 7. The van der Waals surface area contributed by atoms with Crippen LogP contribution in [-0.2, 0) is 4.79 Å². The van der Waals surface area contributed by atoms with Gasteiger partial charge < -0.3 is 10.1 Å². The van der Waals surface area contributed by atoms with Crippen LogP contribution >= 0.6 is 11.8 Å². The van der Waals surface area contributed by atoms with E-state index in [-0.39, 0.29) is 18.3 Å². The summed E-state index contributed by atoms with van der Waals surface area (Å²) in [4.78, 5) is 29.6. The van der Waals surface area contributed by atoms with E-state index in [1.54, 1.807) is 48.4 Å². The van der Waals surface area contributed by atoms with Gasteiger partial charge in [0.15, 0.2) is 12.4 Å². The summed E-state index contributed by atoms with van der Waals surface area (Å²) in [5.41, 5.74) is 1.12. The predicted octanol–water partition coefficient (Wildman–Crippen LogP) is 4.45. The van der Waals surface area contributed by atoms with E-state index in [0.29, 0.717) is 17.0 Å². The second kappa shape index (κ2) is 9.00. The summed E-state index contributed by atoms with van der Waals surface area (Å²) in [7, 11) is 0. The molecule has 1 aromatic heterocycles. The molecule has 0 aliphatic heterocycles. The van der Waals surface area contributed by atoms with Crippen molar-refractivity contribution in [1.29, 1.82) is 0 Å². The number of carbonyl (C=O) groups is 2. The zero-order valence-corrected chi connectivity index (χ0v) is 15.5. The van der Waals surface area contributed by atoms with Crippen LogP contribution in [0.25, 0.3) is 0 Å². The highest BCUT2D eigenvalue weighted by Gasteiger charge is 2.06. The van der Waals surface area contributed by atoms with Gasteiger partial charge in [0.05, 0.1) is 0 Å². The minimum Gasteiger partial charge on any atom is -0.484 e. The standard InChI is InChI=1S/C21H18N2O3S/c1-15(24)16-3-2-4-17(13-16)23-21(25)14-26-18-5-7-19(8-6-18)27-20-9-11-22-12-10-20/h2-13H,14H2,1H3,(H,23,25). The van der Waals surface area contributed by atoms with E-state index in [1.165, 1.54) is 6.92 Å². The van der Waals surface area contributed by atoms with Gasteiger partial charge in [-0.05, 0) is 55.5 Å². The van der Waals surface area contributed by atoms with Crippen molar-refractivity contribution in [3.05, 3.63) is 78.6 Å². The Bertz CT molecular complexity index is 928. The quantitative estimate of drug-likeness (QED) is 0.615. The molecule has 5 nitrogen and oxygen atoms in total. The SMILES string of the molecule is CC(=O)c1cccc(NC(=O)COc2ccc(Sc3ccncc3)cc2)c1. The lowest BCUT2D eigenvalue weighted by molar-refractivity contribution is -0.118. The number of hydrogen-bond donors (Lipinski definition) is 1. The Morgan fingerprint density at radius 3 is 2.41 bits per heavy atom. The molecule has 0 saturated carbocycles. The van der Waals surface area contributed by atoms with Gasteiger partial charge in [0, 0.05) is 33.4 Å².